The molecule has 3 aromatic rings. The molecule has 0 amide bonds. The van der Waals surface area contributed by atoms with E-state index < -0.39 is 29.2 Å². The van der Waals surface area contributed by atoms with Crippen molar-refractivity contribution in [2.75, 3.05) is 7.11 Å². The van der Waals surface area contributed by atoms with Crippen molar-refractivity contribution < 1.29 is 50.5 Å². The SMILES string of the molecule is COc1ccc(COc2ccc(C(F)(F)F)cc2C=O)cc1.O=Cc1cc(C(F)(F)F)ccc1O. The van der Waals surface area contributed by atoms with E-state index in [1.54, 1.807) is 31.4 Å². The van der Waals surface area contributed by atoms with Crippen LogP contribution in [0.25, 0.3) is 0 Å². The number of halogens is 6. The van der Waals surface area contributed by atoms with Crippen LogP contribution in [0.1, 0.15) is 37.4 Å². The Labute approximate surface area is 195 Å². The second kappa shape index (κ2) is 11.4. The average molecular weight is 500 g/mol. The first-order valence-electron chi connectivity index (χ1n) is 9.66. The van der Waals surface area contributed by atoms with Gasteiger partial charge in [-0.15, -0.1) is 0 Å². The molecule has 0 aliphatic rings. The van der Waals surface area contributed by atoms with Gasteiger partial charge in [-0.2, -0.15) is 26.3 Å². The maximum atomic E-state index is 12.6. The molecule has 35 heavy (non-hydrogen) atoms. The predicted molar refractivity (Wildman–Crippen MR) is 113 cm³/mol. The van der Waals surface area contributed by atoms with Crippen LogP contribution in [0.3, 0.4) is 0 Å². The zero-order chi connectivity index (χ0) is 26.2. The maximum absolute atomic E-state index is 12.6. The van der Waals surface area contributed by atoms with Crippen LogP contribution in [0.2, 0.25) is 0 Å². The molecule has 0 bridgehead atoms. The van der Waals surface area contributed by atoms with Crippen molar-refractivity contribution in [2.24, 2.45) is 0 Å². The first-order valence-corrected chi connectivity index (χ1v) is 9.66. The third kappa shape index (κ3) is 7.76. The maximum Gasteiger partial charge on any atom is 0.416 e. The van der Waals surface area contributed by atoms with Gasteiger partial charge in [-0.3, -0.25) is 9.59 Å². The van der Waals surface area contributed by atoms with E-state index in [9.17, 15) is 35.9 Å². The molecule has 3 rings (SSSR count). The lowest BCUT2D eigenvalue weighted by atomic mass is 10.1. The Bertz CT molecular complexity index is 1150. The highest BCUT2D eigenvalue weighted by Crippen LogP contribution is 2.33. The highest BCUT2D eigenvalue weighted by Gasteiger charge is 2.31. The van der Waals surface area contributed by atoms with Crippen LogP contribution in [-0.2, 0) is 19.0 Å². The fourth-order valence-electron chi connectivity index (χ4n) is 2.66. The molecular formula is C24H18F6O5. The van der Waals surface area contributed by atoms with Crippen molar-refractivity contribution in [1.29, 1.82) is 0 Å². The number of phenols is 1. The molecule has 0 atom stereocenters. The number of hydrogen-bond donors (Lipinski definition) is 1. The van der Waals surface area contributed by atoms with Crippen LogP contribution in [-0.4, -0.2) is 24.8 Å². The highest BCUT2D eigenvalue weighted by atomic mass is 19.4. The third-order valence-corrected chi connectivity index (χ3v) is 4.50. The normalized spacial score (nSPS) is 11.2. The number of rotatable bonds is 6. The van der Waals surface area contributed by atoms with Crippen LogP contribution in [0.15, 0.2) is 60.7 Å². The fraction of sp³-hybridized carbons (Fsp3) is 0.167. The minimum atomic E-state index is -4.49. The van der Waals surface area contributed by atoms with E-state index in [-0.39, 0.29) is 29.8 Å². The zero-order valence-corrected chi connectivity index (χ0v) is 18.0. The molecule has 0 spiro atoms. The molecule has 0 saturated carbocycles. The molecular weight excluding hydrogens is 482 g/mol. The number of carbonyl (C=O) groups is 2. The number of methoxy groups -OCH3 is 1. The van der Waals surface area contributed by atoms with Gasteiger partial charge in [-0.1, -0.05) is 12.1 Å². The van der Waals surface area contributed by atoms with Crippen LogP contribution in [0.4, 0.5) is 26.3 Å². The molecule has 0 aliphatic heterocycles. The first-order chi connectivity index (χ1) is 16.4. The Hall–Kier alpha value is -4.02. The highest BCUT2D eigenvalue weighted by molar-refractivity contribution is 5.80. The summed E-state index contributed by atoms with van der Waals surface area (Å²) in [5.74, 6) is 0.341. The van der Waals surface area contributed by atoms with Gasteiger partial charge in [-0.05, 0) is 54.1 Å². The number of alkyl halides is 6. The molecule has 11 heteroatoms. The molecule has 186 valence electrons. The van der Waals surface area contributed by atoms with Crippen LogP contribution < -0.4 is 9.47 Å². The molecule has 0 aliphatic carbocycles. The molecule has 0 fully saturated rings. The van der Waals surface area contributed by atoms with Gasteiger partial charge < -0.3 is 14.6 Å². The minimum Gasteiger partial charge on any atom is -0.507 e. The second-order valence-corrected chi connectivity index (χ2v) is 6.89. The summed E-state index contributed by atoms with van der Waals surface area (Å²) in [6, 6.07) is 12.0. The topological polar surface area (TPSA) is 72.8 Å². The summed E-state index contributed by atoms with van der Waals surface area (Å²) in [5.41, 5.74) is -1.53. The van der Waals surface area contributed by atoms with Gasteiger partial charge in [0.05, 0.1) is 29.4 Å². The fourth-order valence-corrected chi connectivity index (χ4v) is 2.66. The summed E-state index contributed by atoms with van der Waals surface area (Å²) >= 11 is 0. The van der Waals surface area contributed by atoms with E-state index in [4.69, 9.17) is 14.6 Å². The number of aromatic hydroxyl groups is 1. The van der Waals surface area contributed by atoms with Crippen molar-refractivity contribution in [3.63, 3.8) is 0 Å². The Kier molecular flexibility index (Phi) is 8.87. The molecule has 0 heterocycles. The molecule has 0 saturated heterocycles. The Morgan fingerprint density at radius 3 is 1.77 bits per heavy atom. The quantitative estimate of drug-likeness (QED) is 0.316. The van der Waals surface area contributed by atoms with Gasteiger partial charge in [-0.25, -0.2) is 0 Å². The van der Waals surface area contributed by atoms with Gasteiger partial charge in [0.1, 0.15) is 23.9 Å². The number of ether oxygens (including phenoxy) is 2. The first kappa shape index (κ1) is 27.2. The summed E-state index contributed by atoms with van der Waals surface area (Å²) in [5, 5.41) is 8.90. The Morgan fingerprint density at radius 2 is 1.29 bits per heavy atom. The smallest absolute Gasteiger partial charge is 0.416 e. The van der Waals surface area contributed by atoms with Gasteiger partial charge in [0.2, 0.25) is 0 Å². The van der Waals surface area contributed by atoms with Crippen LogP contribution in [0.5, 0.6) is 17.2 Å². The molecule has 3 aromatic carbocycles. The molecule has 5 nitrogen and oxygen atoms in total. The summed E-state index contributed by atoms with van der Waals surface area (Å²) in [6.07, 6.45) is -8.47. The van der Waals surface area contributed by atoms with Crippen molar-refractivity contribution in [1.82, 2.24) is 0 Å². The Balaban J connectivity index is 0.000000283. The minimum absolute atomic E-state index is 0.110. The van der Waals surface area contributed by atoms with Crippen LogP contribution in [0, 0.1) is 0 Å². The van der Waals surface area contributed by atoms with E-state index in [1.807, 2.05) is 0 Å². The molecule has 0 unspecified atom stereocenters. The summed E-state index contributed by atoms with van der Waals surface area (Å²) in [4.78, 5) is 21.1. The lowest BCUT2D eigenvalue weighted by Gasteiger charge is -2.12. The lowest BCUT2D eigenvalue weighted by molar-refractivity contribution is -0.138. The van der Waals surface area contributed by atoms with Gasteiger partial charge in [0.25, 0.3) is 0 Å². The van der Waals surface area contributed by atoms with Gasteiger partial charge in [0, 0.05) is 0 Å². The molecule has 1 N–H and O–H groups in total. The lowest BCUT2D eigenvalue weighted by Crippen LogP contribution is -2.06. The van der Waals surface area contributed by atoms with Gasteiger partial charge >= 0.3 is 12.4 Å². The van der Waals surface area contributed by atoms with Gasteiger partial charge in [0.15, 0.2) is 12.6 Å². The number of phenolic OH excluding ortho intramolecular Hbond substituents is 1. The van der Waals surface area contributed by atoms with E-state index in [1.165, 1.54) is 0 Å². The van der Waals surface area contributed by atoms with Crippen molar-refractivity contribution in [3.8, 4) is 17.2 Å². The molecule has 0 aromatic heterocycles. The number of aldehydes is 2. The number of carbonyl (C=O) groups excluding carboxylic acids is 2. The van der Waals surface area contributed by atoms with Crippen molar-refractivity contribution >= 4 is 12.6 Å². The average Bonchev–Trinajstić information content (AvgIpc) is 2.82. The predicted octanol–water partition coefficient (Wildman–Crippen LogP) is 6.33. The van der Waals surface area contributed by atoms with Crippen molar-refractivity contribution in [2.45, 2.75) is 19.0 Å². The van der Waals surface area contributed by atoms with E-state index in [2.05, 4.69) is 0 Å². The summed E-state index contributed by atoms with van der Waals surface area (Å²) < 4.78 is 84.3. The second-order valence-electron chi connectivity index (χ2n) is 6.89. The van der Waals surface area contributed by atoms with E-state index >= 15 is 0 Å². The summed E-state index contributed by atoms with van der Waals surface area (Å²) in [6.45, 7) is 0.135. The van der Waals surface area contributed by atoms with E-state index in [0.717, 1.165) is 29.8 Å². The monoisotopic (exact) mass is 500 g/mol. The largest absolute Gasteiger partial charge is 0.507 e. The van der Waals surface area contributed by atoms with Crippen molar-refractivity contribution in [3.05, 3.63) is 88.5 Å². The summed E-state index contributed by atoms with van der Waals surface area (Å²) in [7, 11) is 1.55. The molecule has 0 radical (unpaired) electrons. The number of hydrogen-bond acceptors (Lipinski definition) is 5. The third-order valence-electron chi connectivity index (χ3n) is 4.50. The van der Waals surface area contributed by atoms with E-state index in [0.29, 0.717) is 24.2 Å². The zero-order valence-electron chi connectivity index (χ0n) is 18.0. The Morgan fingerprint density at radius 1 is 0.771 bits per heavy atom. The standard InChI is InChI=1S/C16H13F3O3.C8H5F3O2/c1-21-14-5-2-11(3-6-14)10-22-15-7-4-13(16(17,18)19)8-12(15)9-20;9-8(10,11)6-1-2-7(13)5(3-6)4-12/h2-9H,10H2,1H3;1-4,13H. The number of benzene rings is 3. The van der Waals surface area contributed by atoms with Crippen LogP contribution >= 0.6 is 0 Å².